The van der Waals surface area contributed by atoms with Crippen molar-refractivity contribution < 1.29 is 40.9 Å². The van der Waals surface area contributed by atoms with Gasteiger partial charge in [-0.3, -0.25) is 24.4 Å². The number of benzene rings is 5. The number of carboxylic acid groups (broad SMARTS) is 1. The molecule has 0 atom stereocenters. The fourth-order valence-electron chi connectivity index (χ4n) is 7.52. The Hall–Kier alpha value is -7.57. The first-order chi connectivity index (χ1) is 31.1. The van der Waals surface area contributed by atoms with Crippen molar-refractivity contribution in [3.05, 3.63) is 119 Å². The van der Waals surface area contributed by atoms with Gasteiger partial charge in [0.15, 0.2) is 22.5 Å². The molecule has 0 aliphatic rings. The molecule has 0 saturated carbocycles. The molecule has 66 heavy (non-hydrogen) atoms. The average molecular weight is 950 g/mol. The largest absolute Gasteiger partial charge is 0.505 e. The van der Waals surface area contributed by atoms with Gasteiger partial charge in [0.2, 0.25) is 11.9 Å². The third kappa shape index (κ3) is 9.05. The van der Waals surface area contributed by atoms with E-state index in [1.165, 1.54) is 55.9 Å². The number of para-hydroxylation sites is 1. The summed E-state index contributed by atoms with van der Waals surface area (Å²) in [6.07, 6.45) is 2.88. The van der Waals surface area contributed by atoms with E-state index in [9.17, 15) is 40.9 Å². The molecule has 20 nitrogen and oxygen atoms in total. The Morgan fingerprint density at radius 3 is 2.05 bits per heavy atom. The minimum atomic E-state index is -5.17. The molecule has 5 aromatic carbocycles. The first-order valence-electron chi connectivity index (χ1n) is 19.6. The lowest BCUT2D eigenvalue weighted by atomic mass is 10.0. The van der Waals surface area contributed by atoms with Crippen LogP contribution in [0.15, 0.2) is 95.0 Å². The molecule has 8 aromatic rings. The van der Waals surface area contributed by atoms with Gasteiger partial charge in [-0.05, 0) is 99.2 Å². The first kappa shape index (κ1) is 45.0. The predicted molar refractivity (Wildman–Crippen MR) is 251 cm³/mol. The van der Waals surface area contributed by atoms with Gasteiger partial charge in [-0.25, -0.2) is 19.7 Å². The summed E-state index contributed by atoms with van der Waals surface area (Å²) in [5.41, 5.74) is 7.95. The molecule has 23 heteroatoms. The highest BCUT2D eigenvalue weighted by Crippen LogP contribution is 2.46. The van der Waals surface area contributed by atoms with E-state index < -0.39 is 47.4 Å². The van der Waals surface area contributed by atoms with Gasteiger partial charge >= 0.3 is 5.97 Å². The number of nitrogens with one attached hydrogen (secondary N) is 3. The minimum absolute atomic E-state index is 0.0736. The summed E-state index contributed by atoms with van der Waals surface area (Å²) in [5.74, 6) is -1.76. The Bertz CT molecular complexity index is 3480. The summed E-state index contributed by atoms with van der Waals surface area (Å²) < 4.78 is 72.6. The zero-order valence-corrected chi connectivity index (χ0v) is 38.2. The molecule has 3 heterocycles. The van der Waals surface area contributed by atoms with Crippen LogP contribution < -0.4 is 26.0 Å². The number of phenolic OH excluding ortho intramolecular Hbond substituents is 1. The van der Waals surface area contributed by atoms with Crippen molar-refractivity contribution in [3.8, 4) is 5.75 Å². The van der Waals surface area contributed by atoms with Crippen molar-refractivity contribution in [2.45, 2.75) is 44.4 Å². The molecule has 0 aliphatic carbocycles. The predicted octanol–water partition coefficient (Wildman–Crippen LogP) is 8.28. The summed E-state index contributed by atoms with van der Waals surface area (Å²) in [6.45, 7) is 9.50. The van der Waals surface area contributed by atoms with E-state index in [0.29, 0.717) is 10.9 Å². The number of thiazole rings is 1. The van der Waals surface area contributed by atoms with Gasteiger partial charge in [-0.15, -0.1) is 0 Å². The van der Waals surface area contributed by atoms with Crippen LogP contribution in [0.1, 0.15) is 38.4 Å². The van der Waals surface area contributed by atoms with Crippen LogP contribution >= 0.6 is 11.3 Å². The van der Waals surface area contributed by atoms with E-state index in [0.717, 1.165) is 61.4 Å². The van der Waals surface area contributed by atoms with E-state index >= 15 is 0 Å². The number of aromatic nitrogens is 6. The number of hydrazine groups is 1. The first-order valence-corrected chi connectivity index (χ1v) is 23.3. The van der Waals surface area contributed by atoms with Gasteiger partial charge in [0.05, 0.1) is 50.1 Å². The van der Waals surface area contributed by atoms with Gasteiger partial charge in [-0.1, -0.05) is 47.2 Å². The topological polar surface area (TPSA) is 286 Å². The molecule has 0 spiro atoms. The average Bonchev–Trinajstić information content (AvgIpc) is 3.64. The third-order valence-electron chi connectivity index (χ3n) is 10.2. The third-order valence-corrected chi connectivity index (χ3v) is 12.9. The second-order valence-electron chi connectivity index (χ2n) is 15.2. The van der Waals surface area contributed by atoms with Crippen LogP contribution in [0.5, 0.6) is 5.75 Å². The second-order valence-corrected chi connectivity index (χ2v) is 19.0. The zero-order valence-electron chi connectivity index (χ0n) is 35.7. The lowest BCUT2D eigenvalue weighted by Crippen LogP contribution is -2.27. The van der Waals surface area contributed by atoms with E-state index in [2.05, 4.69) is 48.1 Å². The van der Waals surface area contributed by atoms with Crippen LogP contribution in [-0.2, 0) is 20.2 Å². The van der Waals surface area contributed by atoms with Crippen LogP contribution in [0.4, 0.5) is 51.4 Å². The quantitative estimate of drug-likeness (QED) is 0.0422. The maximum Gasteiger partial charge on any atom is 0.337 e. The lowest BCUT2D eigenvalue weighted by molar-refractivity contribution is 0.0698. The Labute approximate surface area is 381 Å². The number of anilines is 9. The SMILES string of the molecule is Cc1cc(C)c(N(c2cnc(NN(C)c3c(S(=O)(=O)O)cc4cc(S(=O)(=O)O)cc(Nc5nc(C)nc(Nc6ccccc6C(=O)O)n5)c4c3O)cn2)c2nc3cc(C)ccc3s2)c(C)c1. The summed E-state index contributed by atoms with van der Waals surface area (Å²) in [7, 11) is -8.80. The number of rotatable bonds is 13. The molecule has 0 aliphatic heterocycles. The lowest BCUT2D eigenvalue weighted by Gasteiger charge is -2.27. The Kier molecular flexibility index (Phi) is 11.7. The number of carboxylic acids is 1. The Morgan fingerprint density at radius 1 is 0.727 bits per heavy atom. The maximum atomic E-state index is 13.0. The van der Waals surface area contributed by atoms with Crippen LogP contribution in [0.2, 0.25) is 0 Å². The standard InChI is InChI=1S/C43H39N11O9S3/c1-21-11-12-32-30(15-21)50-43(64-32)54(37-23(3)13-22(2)14-24(37)4)35-20-44-34(19-45-35)52-53(6)38-33(66(61,62)63)17-26-16-27(65(58,59)60)18-31(36(26)39(38)55)49-42-47-25(5)46-41(51-42)48-29-10-8-7-9-28(29)40(56)57/h7-20,55H,1-6H3,(H,44,52)(H,56,57)(H,58,59,60)(H,61,62,63)(H2,46,47,48,49,51). The van der Waals surface area contributed by atoms with Crippen molar-refractivity contribution in [2.24, 2.45) is 0 Å². The smallest absolute Gasteiger partial charge is 0.337 e. The number of phenols is 1. The minimum Gasteiger partial charge on any atom is -0.505 e. The molecular weight excluding hydrogens is 911 g/mol. The number of aromatic hydroxyl groups is 1. The number of aryl methyl sites for hydroxylation is 5. The molecule has 0 saturated heterocycles. The zero-order chi connectivity index (χ0) is 47.4. The number of carbonyl (C=O) groups is 1. The van der Waals surface area contributed by atoms with Crippen molar-refractivity contribution in [1.82, 2.24) is 29.9 Å². The molecule has 0 radical (unpaired) electrons. The monoisotopic (exact) mass is 949 g/mol. The van der Waals surface area contributed by atoms with Crippen LogP contribution in [0.25, 0.3) is 21.0 Å². The van der Waals surface area contributed by atoms with Crippen LogP contribution in [-0.4, -0.2) is 79.1 Å². The van der Waals surface area contributed by atoms with E-state index in [-0.39, 0.29) is 51.2 Å². The highest BCUT2D eigenvalue weighted by Gasteiger charge is 2.29. The molecule has 8 rings (SSSR count). The van der Waals surface area contributed by atoms with Gasteiger partial charge < -0.3 is 20.8 Å². The normalized spacial score (nSPS) is 11.8. The number of fused-ring (bicyclic) bond motifs is 2. The highest BCUT2D eigenvalue weighted by atomic mass is 32.2. The molecular formula is C43H39N11O9S3. The van der Waals surface area contributed by atoms with Gasteiger partial charge in [0.1, 0.15) is 16.4 Å². The van der Waals surface area contributed by atoms with Gasteiger partial charge in [0.25, 0.3) is 20.2 Å². The van der Waals surface area contributed by atoms with E-state index in [1.54, 1.807) is 6.07 Å². The van der Waals surface area contributed by atoms with Gasteiger partial charge in [0, 0.05) is 12.4 Å². The molecule has 3 aromatic heterocycles. The van der Waals surface area contributed by atoms with E-state index in [4.69, 9.17) is 9.97 Å². The number of aromatic carboxylic acids is 1. The Morgan fingerprint density at radius 2 is 1.41 bits per heavy atom. The summed E-state index contributed by atoms with van der Waals surface area (Å²) in [5, 5.41) is 28.6. The van der Waals surface area contributed by atoms with Crippen LogP contribution in [0, 0.1) is 34.6 Å². The molecule has 338 valence electrons. The van der Waals surface area contributed by atoms with Crippen molar-refractivity contribution in [1.29, 1.82) is 0 Å². The van der Waals surface area contributed by atoms with Crippen LogP contribution in [0.3, 0.4) is 0 Å². The van der Waals surface area contributed by atoms with Crippen molar-refractivity contribution in [2.75, 3.05) is 33.0 Å². The number of nitrogens with zero attached hydrogens (tertiary/aromatic N) is 8. The Balaban J connectivity index is 1.19. The van der Waals surface area contributed by atoms with Crippen molar-refractivity contribution >= 4 is 110 Å². The summed E-state index contributed by atoms with van der Waals surface area (Å²) in [4.78, 5) is 39.2. The molecule has 0 bridgehead atoms. The molecule has 0 fully saturated rings. The second kappa shape index (κ2) is 17.1. The fraction of sp³-hybridized carbons (Fsp3) is 0.140. The van der Waals surface area contributed by atoms with Crippen molar-refractivity contribution in [3.63, 3.8) is 0 Å². The highest BCUT2D eigenvalue weighted by molar-refractivity contribution is 7.86. The van der Waals surface area contributed by atoms with E-state index in [1.807, 2.05) is 50.8 Å². The molecule has 7 N–H and O–H groups in total. The maximum absolute atomic E-state index is 13.0. The number of hydrogen-bond acceptors (Lipinski definition) is 18. The summed E-state index contributed by atoms with van der Waals surface area (Å²) in [6, 6.07) is 18.9. The fourth-order valence-corrected chi connectivity index (χ4v) is 9.78. The summed E-state index contributed by atoms with van der Waals surface area (Å²) >= 11 is 1.48. The molecule has 0 unspecified atom stereocenters. The van der Waals surface area contributed by atoms with Gasteiger partial charge in [-0.2, -0.15) is 31.8 Å². The molecule has 0 amide bonds. The number of hydrogen-bond donors (Lipinski definition) is 7.